The zero-order valence-corrected chi connectivity index (χ0v) is 20.5. The van der Waals surface area contributed by atoms with E-state index in [-0.39, 0.29) is 35.9 Å². The van der Waals surface area contributed by atoms with Crippen LogP contribution in [0.25, 0.3) is 0 Å². The molecule has 33 heavy (non-hydrogen) atoms. The first kappa shape index (κ1) is 27.9. The van der Waals surface area contributed by atoms with Crippen molar-refractivity contribution in [3.05, 3.63) is 35.9 Å². The van der Waals surface area contributed by atoms with Crippen molar-refractivity contribution in [2.24, 2.45) is 10.8 Å². The number of aromatic carboxylic acids is 2. The monoisotopic (exact) mass is 464 g/mol. The smallest absolute Gasteiger partial charge is 0.356 e. The van der Waals surface area contributed by atoms with Gasteiger partial charge in [0.1, 0.15) is 12.6 Å². The van der Waals surface area contributed by atoms with E-state index >= 15 is 0 Å². The van der Waals surface area contributed by atoms with Gasteiger partial charge in [-0.05, 0) is 37.3 Å². The molecular weight excluding hydrogens is 428 g/mol. The normalized spacial score (nSPS) is 13.9. The number of carboxylic acid groups (broad SMARTS) is 2. The molecule has 0 aliphatic carbocycles. The molecule has 0 radical (unpaired) electrons. The number of ether oxygens (including phenoxy) is 1. The largest absolute Gasteiger partial charge is 0.476 e. The molecule has 2 atom stereocenters. The Morgan fingerprint density at radius 1 is 1.00 bits per heavy atom. The Bertz CT molecular complexity index is 943. The van der Waals surface area contributed by atoms with Crippen LogP contribution in [0.3, 0.4) is 0 Å². The molecule has 0 aromatic carbocycles. The van der Waals surface area contributed by atoms with E-state index in [0.29, 0.717) is 12.8 Å². The second-order valence-electron chi connectivity index (χ2n) is 9.12. The topological polar surface area (TPSA) is 137 Å². The predicted octanol–water partition coefficient (Wildman–Crippen LogP) is 4.14. The summed E-state index contributed by atoms with van der Waals surface area (Å²) in [7, 11) is 0. The Morgan fingerprint density at radius 3 is 2.00 bits per heavy atom. The van der Waals surface area contributed by atoms with Gasteiger partial charge < -0.3 is 14.9 Å². The minimum absolute atomic E-state index is 0.0656. The summed E-state index contributed by atoms with van der Waals surface area (Å²) in [5.41, 5.74) is -0.995. The molecule has 2 aromatic heterocycles. The maximum atomic E-state index is 12.9. The molecule has 0 spiro atoms. The van der Waals surface area contributed by atoms with Crippen LogP contribution in [0.4, 0.5) is 0 Å². The molecule has 0 bridgehead atoms. The Hall–Kier alpha value is -3.17. The van der Waals surface area contributed by atoms with Crippen LogP contribution in [-0.2, 0) is 16.1 Å². The lowest BCUT2D eigenvalue weighted by molar-refractivity contribution is -0.158. The van der Waals surface area contributed by atoms with E-state index in [9.17, 15) is 14.4 Å². The standard InChI is InChI=1S/C21H30N4O6.C2H6/c1-6-21(5,13-20(2,3)4)19(30)31-12-14(25-10-8-16(23-25)18(28)29)11-24-9-7-15(22-24)17(26)27;1-2/h7-10,14H,6,11-13H2,1-5H3,(H,26,27)(H,28,29);1-2H3. The van der Waals surface area contributed by atoms with E-state index in [2.05, 4.69) is 31.0 Å². The Labute approximate surface area is 194 Å². The first-order valence-electron chi connectivity index (χ1n) is 11.1. The molecule has 2 unspecified atom stereocenters. The molecule has 10 heteroatoms. The molecule has 2 aromatic rings. The van der Waals surface area contributed by atoms with Gasteiger partial charge in [-0.25, -0.2) is 9.59 Å². The fraction of sp³-hybridized carbons (Fsp3) is 0.609. The van der Waals surface area contributed by atoms with Crippen molar-refractivity contribution in [2.75, 3.05) is 6.61 Å². The van der Waals surface area contributed by atoms with E-state index in [1.807, 2.05) is 27.7 Å². The second kappa shape index (κ2) is 11.6. The summed E-state index contributed by atoms with van der Waals surface area (Å²) in [5, 5.41) is 26.2. The van der Waals surface area contributed by atoms with E-state index in [0.717, 1.165) is 0 Å². The van der Waals surface area contributed by atoms with E-state index < -0.39 is 23.4 Å². The quantitative estimate of drug-likeness (QED) is 0.501. The SMILES string of the molecule is CC.CCC(C)(CC(C)(C)C)C(=O)OCC(Cn1ccc(C(=O)O)n1)n1ccc(C(=O)O)n1. The zero-order chi connectivity index (χ0) is 25.4. The van der Waals surface area contributed by atoms with Crippen LogP contribution < -0.4 is 0 Å². The maximum Gasteiger partial charge on any atom is 0.356 e. The van der Waals surface area contributed by atoms with Crippen LogP contribution in [0.2, 0.25) is 0 Å². The molecule has 0 amide bonds. The van der Waals surface area contributed by atoms with Crippen LogP contribution in [0.1, 0.15) is 88.3 Å². The van der Waals surface area contributed by atoms with Gasteiger partial charge in [0.15, 0.2) is 11.4 Å². The van der Waals surface area contributed by atoms with Crippen LogP contribution in [0.15, 0.2) is 24.5 Å². The van der Waals surface area contributed by atoms with E-state index in [1.165, 1.54) is 33.9 Å². The molecule has 0 saturated carbocycles. The summed E-state index contributed by atoms with van der Waals surface area (Å²) in [6, 6.07) is 2.13. The molecule has 2 N–H and O–H groups in total. The molecule has 10 nitrogen and oxygen atoms in total. The molecule has 0 fully saturated rings. The number of carbonyl (C=O) groups excluding carboxylic acids is 1. The van der Waals surface area contributed by atoms with Gasteiger partial charge in [-0.15, -0.1) is 0 Å². The van der Waals surface area contributed by atoms with Gasteiger partial charge in [0.25, 0.3) is 0 Å². The Morgan fingerprint density at radius 2 is 1.55 bits per heavy atom. The lowest BCUT2D eigenvalue weighted by atomic mass is 9.73. The van der Waals surface area contributed by atoms with Gasteiger partial charge in [-0.3, -0.25) is 14.2 Å². The van der Waals surface area contributed by atoms with Crippen molar-refractivity contribution in [1.82, 2.24) is 19.6 Å². The Balaban J connectivity index is 0.00000265. The van der Waals surface area contributed by atoms with Crippen molar-refractivity contribution in [1.29, 1.82) is 0 Å². The number of carbonyl (C=O) groups is 3. The molecule has 0 saturated heterocycles. The number of hydrogen-bond donors (Lipinski definition) is 2. The first-order valence-corrected chi connectivity index (χ1v) is 11.1. The lowest BCUT2D eigenvalue weighted by Crippen LogP contribution is -2.35. The van der Waals surface area contributed by atoms with Crippen LogP contribution in [-0.4, -0.2) is 54.3 Å². The minimum Gasteiger partial charge on any atom is -0.476 e. The third-order valence-corrected chi connectivity index (χ3v) is 5.06. The summed E-state index contributed by atoms with van der Waals surface area (Å²) in [5.74, 6) is -2.67. The van der Waals surface area contributed by atoms with Crippen molar-refractivity contribution in [2.45, 2.75) is 73.9 Å². The molecule has 2 heterocycles. The summed E-state index contributed by atoms with van der Waals surface area (Å²) in [6.07, 6.45) is 4.24. The van der Waals surface area contributed by atoms with Crippen molar-refractivity contribution in [3.8, 4) is 0 Å². The number of hydrogen-bond acceptors (Lipinski definition) is 6. The number of carboxylic acids is 2. The van der Waals surface area contributed by atoms with Crippen LogP contribution in [0, 0.1) is 10.8 Å². The Kier molecular flexibility index (Phi) is 9.81. The third-order valence-electron chi connectivity index (χ3n) is 5.06. The average molecular weight is 465 g/mol. The van der Waals surface area contributed by atoms with Crippen molar-refractivity contribution in [3.63, 3.8) is 0 Å². The summed E-state index contributed by atoms with van der Waals surface area (Å²) >= 11 is 0. The molecule has 0 aliphatic rings. The molecular formula is C23H36N4O6. The highest BCUT2D eigenvalue weighted by atomic mass is 16.5. The molecule has 2 rings (SSSR count). The highest BCUT2D eigenvalue weighted by molar-refractivity contribution is 5.85. The van der Waals surface area contributed by atoms with Gasteiger partial charge in [0.05, 0.1) is 12.0 Å². The number of nitrogens with zero attached hydrogens (tertiary/aromatic N) is 4. The highest BCUT2D eigenvalue weighted by Crippen LogP contribution is 2.37. The fourth-order valence-electron chi connectivity index (χ4n) is 3.52. The first-order chi connectivity index (χ1) is 15.3. The highest BCUT2D eigenvalue weighted by Gasteiger charge is 2.37. The van der Waals surface area contributed by atoms with Gasteiger partial charge in [-0.1, -0.05) is 41.5 Å². The van der Waals surface area contributed by atoms with E-state index in [1.54, 1.807) is 0 Å². The number of aromatic nitrogens is 4. The van der Waals surface area contributed by atoms with Gasteiger partial charge in [0, 0.05) is 12.4 Å². The van der Waals surface area contributed by atoms with Crippen molar-refractivity contribution >= 4 is 17.9 Å². The van der Waals surface area contributed by atoms with Crippen molar-refractivity contribution < 1.29 is 29.3 Å². The average Bonchev–Trinajstić information content (AvgIpc) is 3.41. The van der Waals surface area contributed by atoms with E-state index in [4.69, 9.17) is 14.9 Å². The summed E-state index contributed by atoms with van der Waals surface area (Å²) < 4.78 is 8.45. The van der Waals surface area contributed by atoms with Gasteiger partial charge >= 0.3 is 17.9 Å². The lowest BCUT2D eigenvalue weighted by Gasteiger charge is -2.33. The molecule has 184 valence electrons. The number of esters is 1. The second-order valence-corrected chi connectivity index (χ2v) is 9.12. The minimum atomic E-state index is -1.18. The molecule has 0 aliphatic heterocycles. The zero-order valence-electron chi connectivity index (χ0n) is 20.5. The van der Waals surface area contributed by atoms with Gasteiger partial charge in [-0.2, -0.15) is 10.2 Å². The van der Waals surface area contributed by atoms with Crippen LogP contribution in [0.5, 0.6) is 0 Å². The predicted molar refractivity (Wildman–Crippen MR) is 122 cm³/mol. The fourth-order valence-corrected chi connectivity index (χ4v) is 3.52. The summed E-state index contributed by atoms with van der Waals surface area (Å²) in [4.78, 5) is 35.2. The maximum absolute atomic E-state index is 12.9. The number of rotatable bonds is 10. The summed E-state index contributed by atoms with van der Waals surface area (Å²) in [6.45, 7) is 14.1. The van der Waals surface area contributed by atoms with Gasteiger partial charge in [0.2, 0.25) is 0 Å². The third kappa shape index (κ3) is 8.03. The van der Waals surface area contributed by atoms with Crippen LogP contribution >= 0.6 is 0 Å².